The van der Waals surface area contributed by atoms with Crippen molar-refractivity contribution in [3.8, 4) is 0 Å². The van der Waals surface area contributed by atoms with Crippen LogP contribution >= 0.6 is 0 Å². The third kappa shape index (κ3) is 108. The fraction of sp³-hybridized carbons (Fsp3) is 0.974. The van der Waals surface area contributed by atoms with Gasteiger partial charge < -0.3 is 161 Å². The zero-order valence-corrected chi connectivity index (χ0v) is 68.2. The van der Waals surface area contributed by atoms with Crippen molar-refractivity contribution >= 4 is 0 Å². The second kappa shape index (κ2) is 108. The largest absolute Gasteiger partial charge is 0.394 e. The van der Waals surface area contributed by atoms with Crippen LogP contribution in [0.1, 0.15) is 51.4 Å². The maximum Gasteiger partial charge on any atom is 0.0701 e. The van der Waals surface area contributed by atoms with Crippen LogP contribution in [0.25, 0.3) is 0 Å². The lowest BCUT2D eigenvalue weighted by Crippen LogP contribution is -2.16. The van der Waals surface area contributed by atoms with Crippen LogP contribution in [-0.2, 0) is 156 Å². The molecule has 0 fully saturated rings. The van der Waals surface area contributed by atoms with Crippen LogP contribution in [0, 0.1) is 0 Å². The highest BCUT2D eigenvalue weighted by Crippen LogP contribution is 2.09. The summed E-state index contributed by atoms with van der Waals surface area (Å²) in [6.07, 6.45) is 12.0. The molecule has 0 rings (SSSR count). The molecule has 0 heterocycles. The van der Waals surface area contributed by atoms with Crippen LogP contribution in [-0.4, -0.2) is 448 Å². The monoisotopic (exact) mass is 1620 g/mol. The molecule has 0 aromatic heterocycles. The summed E-state index contributed by atoms with van der Waals surface area (Å²) < 4.78 is 182. The van der Waals surface area contributed by atoms with Gasteiger partial charge in [0.1, 0.15) is 0 Å². The molecule has 0 aromatic carbocycles. The first-order valence-electron chi connectivity index (χ1n) is 40.7. The molecule has 0 radical (unpaired) electrons. The lowest BCUT2D eigenvalue weighted by atomic mass is 10.1. The first-order valence-corrected chi connectivity index (χ1v) is 40.7. The molecule has 0 aliphatic rings. The predicted molar refractivity (Wildman–Crippen MR) is 411 cm³/mol. The van der Waals surface area contributed by atoms with Gasteiger partial charge in [0.05, 0.1) is 436 Å². The van der Waals surface area contributed by atoms with E-state index in [2.05, 4.69) is 6.58 Å². The molecule has 111 heavy (non-hydrogen) atoms. The van der Waals surface area contributed by atoms with Gasteiger partial charge in [-0.15, -0.1) is 6.58 Å². The minimum Gasteiger partial charge on any atom is -0.394 e. The minimum absolute atomic E-state index is 0.0159. The van der Waals surface area contributed by atoms with Crippen LogP contribution in [0.4, 0.5) is 0 Å². The number of rotatable bonds is 108. The molecule has 0 unspecified atom stereocenters. The van der Waals surface area contributed by atoms with Crippen LogP contribution < -0.4 is 0 Å². The molecule has 1 N–H and O–H groups in total. The maximum absolute atomic E-state index is 8.62. The standard InChI is InChI=1S/C77H154O34/c1-2-3-4-5-6-7-8-9-10-12-79-14-16-81-18-20-83-22-24-85-26-28-87-30-32-89-34-36-91-38-40-93-42-44-95-46-48-97-50-52-99-54-56-101-58-60-103-62-64-105-66-68-107-70-72-109-74-76-111-77-75-110-73-71-108-69-67-106-65-63-104-61-59-102-57-55-100-53-51-98-49-47-96-45-43-94-41-39-92-37-35-90-33-31-88-29-27-86-25-23-84-21-19-82-17-15-80-13-11-78/h2,78H,1,3-77H2. The number of unbranched alkanes of at least 4 members (excludes halogenated alkanes) is 7. The average Bonchev–Trinajstić information content (AvgIpc) is 3.81. The Morgan fingerprint density at radius 1 is 0.117 bits per heavy atom. The Kier molecular flexibility index (Phi) is 107. The molecule has 0 atom stereocenters. The molecule has 0 spiro atoms. The van der Waals surface area contributed by atoms with E-state index < -0.39 is 0 Å². The van der Waals surface area contributed by atoms with Gasteiger partial charge in [-0.1, -0.05) is 38.2 Å². The number of aliphatic hydroxyl groups excluding tert-OH is 1. The van der Waals surface area contributed by atoms with E-state index in [1.807, 2.05) is 6.08 Å². The Morgan fingerprint density at radius 2 is 0.207 bits per heavy atom. The van der Waals surface area contributed by atoms with Crippen LogP contribution in [0.5, 0.6) is 0 Å². The van der Waals surface area contributed by atoms with Crippen molar-refractivity contribution in [1.29, 1.82) is 0 Å². The number of aliphatic hydroxyl groups is 1. The molecule has 34 nitrogen and oxygen atoms in total. The van der Waals surface area contributed by atoms with Gasteiger partial charge in [0.15, 0.2) is 0 Å². The third-order valence-corrected chi connectivity index (χ3v) is 14.3. The molecule has 0 aliphatic heterocycles. The highest BCUT2D eigenvalue weighted by molar-refractivity contribution is 4.65. The normalized spacial score (nSPS) is 11.8. The van der Waals surface area contributed by atoms with E-state index in [1.54, 1.807) is 0 Å². The van der Waals surface area contributed by atoms with E-state index in [0.717, 1.165) is 19.4 Å². The number of ether oxygens (including phenoxy) is 33. The van der Waals surface area contributed by atoms with Crippen molar-refractivity contribution in [2.75, 3.05) is 443 Å². The summed E-state index contributed by atoms with van der Waals surface area (Å²) in [7, 11) is 0. The van der Waals surface area contributed by atoms with Gasteiger partial charge in [0.2, 0.25) is 0 Å². The number of hydrogen-bond acceptors (Lipinski definition) is 34. The second-order valence-electron chi connectivity index (χ2n) is 23.5. The maximum atomic E-state index is 8.62. The van der Waals surface area contributed by atoms with Gasteiger partial charge in [-0.25, -0.2) is 0 Å². The van der Waals surface area contributed by atoms with Crippen molar-refractivity contribution in [2.24, 2.45) is 0 Å². The lowest BCUT2D eigenvalue weighted by molar-refractivity contribution is -0.0326. The SMILES string of the molecule is C=CCCCCCCCCCOCCOCCOCCOCCOCCOCCOCCOCCOCCOCCOCCOCCOCCOCCOCCOCCOCCOCCOCCOCCOCCOCCOCCOCCOCCOCCOCCOCCOCCOCCOCCOCCOCCO. The summed E-state index contributed by atoms with van der Waals surface area (Å²) in [6.45, 7) is 36.3. The summed E-state index contributed by atoms with van der Waals surface area (Å²) >= 11 is 0. The van der Waals surface area contributed by atoms with Gasteiger partial charge >= 0.3 is 0 Å². The van der Waals surface area contributed by atoms with Crippen molar-refractivity contribution in [1.82, 2.24) is 0 Å². The van der Waals surface area contributed by atoms with Crippen molar-refractivity contribution in [2.45, 2.75) is 51.4 Å². The van der Waals surface area contributed by atoms with Crippen LogP contribution in [0.3, 0.4) is 0 Å². The molecule has 0 saturated carbocycles. The van der Waals surface area contributed by atoms with Gasteiger partial charge in [-0.2, -0.15) is 0 Å². The Hall–Kier alpha value is -1.62. The lowest BCUT2D eigenvalue weighted by Gasteiger charge is -2.09. The molecular weight excluding hydrogens is 1470 g/mol. The molecule has 0 saturated heterocycles. The van der Waals surface area contributed by atoms with E-state index in [-0.39, 0.29) is 6.61 Å². The van der Waals surface area contributed by atoms with Gasteiger partial charge in [-0.05, 0) is 19.3 Å². The van der Waals surface area contributed by atoms with E-state index >= 15 is 0 Å². The summed E-state index contributed by atoms with van der Waals surface area (Å²) in [5.74, 6) is 0. The van der Waals surface area contributed by atoms with Gasteiger partial charge in [0, 0.05) is 6.61 Å². The van der Waals surface area contributed by atoms with Crippen molar-refractivity contribution in [3.63, 3.8) is 0 Å². The highest BCUT2D eigenvalue weighted by Gasteiger charge is 2.04. The van der Waals surface area contributed by atoms with Crippen molar-refractivity contribution in [3.05, 3.63) is 12.7 Å². The summed E-state index contributed by atoms with van der Waals surface area (Å²) in [4.78, 5) is 0. The van der Waals surface area contributed by atoms with E-state index in [4.69, 9.17) is 161 Å². The molecular formula is C77H154O34. The van der Waals surface area contributed by atoms with Crippen LogP contribution in [0.2, 0.25) is 0 Å². The second-order valence-corrected chi connectivity index (χ2v) is 23.5. The highest BCUT2D eigenvalue weighted by atomic mass is 16.6. The molecule has 0 amide bonds. The fourth-order valence-corrected chi connectivity index (χ4v) is 8.58. The molecule has 0 aromatic rings. The van der Waals surface area contributed by atoms with Crippen molar-refractivity contribution < 1.29 is 161 Å². The number of allylic oxidation sites excluding steroid dienone is 1. The summed E-state index contributed by atoms with van der Waals surface area (Å²) in [6, 6.07) is 0. The molecule has 0 bridgehead atoms. The Bertz CT molecular complexity index is 1580. The first kappa shape index (κ1) is 109. The Morgan fingerprint density at radius 3 is 0.315 bits per heavy atom. The predicted octanol–water partition coefficient (Wildman–Crippen LogP) is 3.83. The number of hydrogen-bond donors (Lipinski definition) is 1. The fourth-order valence-electron chi connectivity index (χ4n) is 8.58. The quantitative estimate of drug-likeness (QED) is 0.0668. The zero-order valence-electron chi connectivity index (χ0n) is 68.2. The van der Waals surface area contributed by atoms with E-state index in [1.165, 1.54) is 38.5 Å². The Balaban J connectivity index is 3.10. The minimum atomic E-state index is 0.0159. The topological polar surface area (TPSA) is 325 Å². The summed E-state index contributed by atoms with van der Waals surface area (Å²) in [5, 5.41) is 8.62. The van der Waals surface area contributed by atoms with Gasteiger partial charge in [0.25, 0.3) is 0 Å². The molecule has 0 aliphatic carbocycles. The first-order chi connectivity index (χ1) is 55.4. The zero-order chi connectivity index (χ0) is 79.1. The van der Waals surface area contributed by atoms with E-state index in [9.17, 15) is 0 Å². The van der Waals surface area contributed by atoms with Gasteiger partial charge in [-0.3, -0.25) is 0 Å². The molecule has 666 valence electrons. The summed E-state index contributed by atoms with van der Waals surface area (Å²) in [5.41, 5.74) is 0. The molecule has 34 heteroatoms. The van der Waals surface area contributed by atoms with E-state index in [0.29, 0.717) is 429 Å². The third-order valence-electron chi connectivity index (χ3n) is 14.3. The Labute approximate surface area is 665 Å². The van der Waals surface area contributed by atoms with Crippen LogP contribution in [0.15, 0.2) is 12.7 Å². The smallest absolute Gasteiger partial charge is 0.0701 e. The average molecular weight is 1620 g/mol.